The highest BCUT2D eigenvalue weighted by Gasteiger charge is 2.67. The Morgan fingerprint density at radius 3 is 1.57 bits per heavy atom. The summed E-state index contributed by atoms with van der Waals surface area (Å²) in [5, 5.41) is 19.1. The van der Waals surface area contributed by atoms with Gasteiger partial charge < -0.3 is 24.4 Å². The predicted molar refractivity (Wildman–Crippen MR) is 146 cm³/mol. The highest BCUT2D eigenvalue weighted by atomic mass is 16.6. The van der Waals surface area contributed by atoms with E-state index in [1.165, 1.54) is 24.3 Å². The predicted octanol–water partition coefficient (Wildman–Crippen LogP) is 5.39. The van der Waals surface area contributed by atoms with Gasteiger partial charge in [-0.05, 0) is 94.0 Å². The van der Waals surface area contributed by atoms with E-state index in [2.05, 4.69) is 0 Å². The molecule has 8 nitrogen and oxygen atoms in total. The second-order valence-electron chi connectivity index (χ2n) is 12.7. The van der Waals surface area contributed by atoms with Crippen LogP contribution in [0.5, 0.6) is 11.5 Å². The standard InChI is InChI=1S/C32H38O8/c1-4-29(2,3)28(37)40-32-15-21-13-30(19-32,38-16-26(35)22-5-9-24(33)10-6-22)18-31(14-21,20-32)39-17-27(36)23-7-11-25(34)12-8-23/h5-12,21,33-34H,4,13-20H2,1-3H3. The Bertz CT molecular complexity index is 1200. The zero-order valence-corrected chi connectivity index (χ0v) is 23.4. The lowest BCUT2D eigenvalue weighted by molar-refractivity contribution is -0.282. The first-order chi connectivity index (χ1) is 18.9. The topological polar surface area (TPSA) is 119 Å². The number of carbonyl (C=O) groups excluding carboxylic acids is 3. The molecule has 2 atom stereocenters. The summed E-state index contributed by atoms with van der Waals surface area (Å²) in [5.41, 5.74) is -2.02. The Labute approximate surface area is 234 Å². The first-order valence-corrected chi connectivity index (χ1v) is 14.0. The van der Waals surface area contributed by atoms with Crippen molar-refractivity contribution in [3.8, 4) is 11.5 Å². The molecule has 214 valence electrons. The Morgan fingerprint density at radius 2 is 1.15 bits per heavy atom. The van der Waals surface area contributed by atoms with Crippen molar-refractivity contribution in [3.05, 3.63) is 59.7 Å². The zero-order chi connectivity index (χ0) is 28.8. The fourth-order valence-corrected chi connectivity index (χ4v) is 6.99. The van der Waals surface area contributed by atoms with Crippen LogP contribution in [0.25, 0.3) is 0 Å². The van der Waals surface area contributed by atoms with Gasteiger partial charge in [0.05, 0.1) is 16.6 Å². The molecule has 4 bridgehead atoms. The van der Waals surface area contributed by atoms with Gasteiger partial charge in [0.1, 0.15) is 30.3 Å². The number of phenols is 2. The maximum Gasteiger partial charge on any atom is 0.312 e. The minimum atomic E-state index is -0.799. The number of phenolic OH excluding ortho intramolecular Hbond substituents is 2. The summed E-state index contributed by atoms with van der Waals surface area (Å²) in [6.07, 6.45) is 4.23. The van der Waals surface area contributed by atoms with Crippen LogP contribution in [0.3, 0.4) is 0 Å². The number of rotatable bonds is 11. The van der Waals surface area contributed by atoms with Gasteiger partial charge in [0, 0.05) is 30.4 Å². The summed E-state index contributed by atoms with van der Waals surface area (Å²) in [6, 6.07) is 12.1. The molecule has 4 aliphatic rings. The Kier molecular flexibility index (Phi) is 7.29. The molecule has 0 amide bonds. The highest BCUT2D eigenvalue weighted by molar-refractivity contribution is 5.97. The van der Waals surface area contributed by atoms with Crippen LogP contribution in [-0.4, -0.2) is 57.8 Å². The second-order valence-corrected chi connectivity index (χ2v) is 12.7. The first-order valence-electron chi connectivity index (χ1n) is 14.0. The van der Waals surface area contributed by atoms with Gasteiger partial charge in [-0.25, -0.2) is 0 Å². The van der Waals surface area contributed by atoms with Crippen LogP contribution in [0.1, 0.15) is 86.4 Å². The molecule has 0 aliphatic heterocycles. The molecule has 0 radical (unpaired) electrons. The summed E-state index contributed by atoms with van der Waals surface area (Å²) in [6.45, 7) is 5.41. The molecule has 2 unspecified atom stereocenters. The third-order valence-corrected chi connectivity index (χ3v) is 9.06. The molecular weight excluding hydrogens is 512 g/mol. The summed E-state index contributed by atoms with van der Waals surface area (Å²) >= 11 is 0. The molecule has 0 spiro atoms. The lowest BCUT2D eigenvalue weighted by Gasteiger charge is -2.64. The van der Waals surface area contributed by atoms with E-state index in [-0.39, 0.29) is 48.2 Å². The van der Waals surface area contributed by atoms with Crippen molar-refractivity contribution in [2.75, 3.05) is 13.2 Å². The van der Waals surface area contributed by atoms with Crippen LogP contribution in [0.2, 0.25) is 0 Å². The Morgan fingerprint density at radius 1 is 0.750 bits per heavy atom. The molecule has 2 N–H and O–H groups in total. The van der Waals surface area contributed by atoms with Crippen molar-refractivity contribution in [3.63, 3.8) is 0 Å². The molecule has 4 saturated carbocycles. The Balaban J connectivity index is 1.38. The lowest BCUT2D eigenvalue weighted by Crippen LogP contribution is -2.69. The fraction of sp³-hybridized carbons (Fsp3) is 0.531. The van der Waals surface area contributed by atoms with Gasteiger partial charge >= 0.3 is 5.97 Å². The number of carbonyl (C=O) groups is 3. The molecule has 4 fully saturated rings. The molecule has 0 saturated heterocycles. The van der Waals surface area contributed by atoms with Crippen LogP contribution < -0.4 is 0 Å². The molecule has 4 aliphatic carbocycles. The molecule has 2 aromatic rings. The number of Topliss-reactive ketones (excluding diaryl/α,β-unsaturated/α-hetero) is 2. The monoisotopic (exact) mass is 550 g/mol. The Hall–Kier alpha value is -3.23. The highest BCUT2D eigenvalue weighted by Crippen LogP contribution is 2.63. The van der Waals surface area contributed by atoms with E-state index in [0.717, 1.165) is 12.8 Å². The summed E-state index contributed by atoms with van der Waals surface area (Å²) in [5.74, 6) is -0.349. The third kappa shape index (κ3) is 5.65. The van der Waals surface area contributed by atoms with Gasteiger partial charge in [-0.2, -0.15) is 0 Å². The smallest absolute Gasteiger partial charge is 0.312 e. The van der Waals surface area contributed by atoms with Crippen LogP contribution in [0.4, 0.5) is 0 Å². The van der Waals surface area contributed by atoms with Gasteiger partial charge in [0.25, 0.3) is 0 Å². The largest absolute Gasteiger partial charge is 0.508 e. The average molecular weight is 551 g/mol. The van der Waals surface area contributed by atoms with Crippen molar-refractivity contribution in [1.29, 1.82) is 0 Å². The molecule has 40 heavy (non-hydrogen) atoms. The van der Waals surface area contributed by atoms with E-state index in [4.69, 9.17) is 14.2 Å². The third-order valence-electron chi connectivity index (χ3n) is 9.06. The quantitative estimate of drug-likeness (QED) is 0.282. The van der Waals surface area contributed by atoms with Gasteiger partial charge in [-0.3, -0.25) is 14.4 Å². The van der Waals surface area contributed by atoms with E-state index in [1.807, 2.05) is 20.8 Å². The normalized spacial score (nSPS) is 28.8. The summed E-state index contributed by atoms with van der Waals surface area (Å²) in [7, 11) is 0. The maximum atomic E-state index is 13.3. The van der Waals surface area contributed by atoms with Crippen molar-refractivity contribution in [1.82, 2.24) is 0 Å². The van der Waals surface area contributed by atoms with Crippen molar-refractivity contribution in [2.24, 2.45) is 11.3 Å². The second kappa shape index (κ2) is 10.3. The molecule has 0 aromatic heterocycles. The van der Waals surface area contributed by atoms with Crippen molar-refractivity contribution in [2.45, 2.75) is 82.5 Å². The van der Waals surface area contributed by atoms with Crippen LogP contribution >= 0.6 is 0 Å². The molecule has 2 aromatic carbocycles. The number of aromatic hydroxyl groups is 2. The van der Waals surface area contributed by atoms with Gasteiger partial charge in [0.2, 0.25) is 0 Å². The first kappa shape index (κ1) is 28.3. The number of esters is 1. The minimum absolute atomic E-state index is 0.0817. The van der Waals surface area contributed by atoms with Crippen LogP contribution in [-0.2, 0) is 19.0 Å². The summed E-state index contributed by atoms with van der Waals surface area (Å²) in [4.78, 5) is 39.2. The number of benzene rings is 2. The number of hydrogen-bond acceptors (Lipinski definition) is 8. The number of hydrogen-bond donors (Lipinski definition) is 2. The summed E-state index contributed by atoms with van der Waals surface area (Å²) < 4.78 is 19.2. The lowest BCUT2D eigenvalue weighted by atomic mass is 9.50. The van der Waals surface area contributed by atoms with E-state index >= 15 is 0 Å². The van der Waals surface area contributed by atoms with Crippen molar-refractivity contribution < 1.29 is 38.8 Å². The van der Waals surface area contributed by atoms with Gasteiger partial charge in [-0.1, -0.05) is 6.92 Å². The maximum absolute atomic E-state index is 13.3. The van der Waals surface area contributed by atoms with E-state index in [9.17, 15) is 24.6 Å². The van der Waals surface area contributed by atoms with E-state index in [0.29, 0.717) is 43.2 Å². The molecular formula is C32H38O8. The zero-order valence-electron chi connectivity index (χ0n) is 23.4. The van der Waals surface area contributed by atoms with Gasteiger partial charge in [-0.15, -0.1) is 0 Å². The fourth-order valence-electron chi connectivity index (χ4n) is 6.99. The van der Waals surface area contributed by atoms with Crippen LogP contribution in [0, 0.1) is 11.3 Å². The SMILES string of the molecule is CCC(C)(C)C(=O)OC12CC3CC(OCC(=O)c4ccc(O)cc4)(CC(OCC(=O)c4ccc(O)cc4)(C3)C1)C2. The van der Waals surface area contributed by atoms with E-state index < -0.39 is 22.2 Å². The minimum Gasteiger partial charge on any atom is -0.508 e. The molecule has 6 rings (SSSR count). The number of ether oxygens (including phenoxy) is 3. The average Bonchev–Trinajstić information content (AvgIpc) is 2.90. The van der Waals surface area contributed by atoms with E-state index in [1.54, 1.807) is 24.3 Å². The van der Waals surface area contributed by atoms with Crippen molar-refractivity contribution >= 4 is 17.5 Å². The van der Waals surface area contributed by atoms with Gasteiger partial charge in [0.15, 0.2) is 11.6 Å². The van der Waals surface area contributed by atoms with Crippen LogP contribution in [0.15, 0.2) is 48.5 Å². The number of ketones is 2. The molecule has 0 heterocycles. The molecule has 8 heteroatoms.